The molecule has 2 heterocycles. The molecule has 1 aliphatic heterocycles. The van der Waals surface area contributed by atoms with E-state index in [-0.39, 0.29) is 5.91 Å². The van der Waals surface area contributed by atoms with Crippen molar-refractivity contribution >= 4 is 16.7 Å². The molecule has 0 N–H and O–H groups in total. The van der Waals surface area contributed by atoms with Gasteiger partial charge in [-0.1, -0.05) is 42.5 Å². The Morgan fingerprint density at radius 3 is 2.88 bits per heavy atom. The lowest BCUT2D eigenvalue weighted by Gasteiger charge is -2.33. The number of amides is 1. The molecule has 4 rings (SSSR count). The number of aromatic nitrogens is 2. The Bertz CT molecular complexity index is 856. The summed E-state index contributed by atoms with van der Waals surface area (Å²) in [5.41, 5.74) is 1.23. The van der Waals surface area contributed by atoms with Crippen molar-refractivity contribution in [3.05, 3.63) is 66.7 Å². The van der Waals surface area contributed by atoms with E-state index in [0.717, 1.165) is 32.4 Å². The van der Waals surface area contributed by atoms with E-state index in [1.54, 1.807) is 6.20 Å². The first-order valence-corrected chi connectivity index (χ1v) is 9.02. The zero-order valence-corrected chi connectivity index (χ0v) is 14.3. The molecule has 3 aromatic rings. The van der Waals surface area contributed by atoms with Crippen molar-refractivity contribution in [3.8, 4) is 0 Å². The summed E-state index contributed by atoms with van der Waals surface area (Å²) in [6.45, 7) is 1.68. The minimum atomic E-state index is 0.262. The average molecular weight is 333 g/mol. The summed E-state index contributed by atoms with van der Waals surface area (Å²) in [5, 5.41) is 2.49. The minimum absolute atomic E-state index is 0.262. The van der Waals surface area contributed by atoms with Crippen LogP contribution in [-0.2, 0) is 11.2 Å². The molecule has 128 valence electrons. The van der Waals surface area contributed by atoms with E-state index in [1.807, 2.05) is 17.4 Å². The van der Waals surface area contributed by atoms with Gasteiger partial charge in [0, 0.05) is 31.9 Å². The van der Waals surface area contributed by atoms with Crippen LogP contribution in [0.4, 0.5) is 0 Å². The Balaban J connectivity index is 1.37. The van der Waals surface area contributed by atoms with Crippen molar-refractivity contribution in [3.63, 3.8) is 0 Å². The molecule has 4 nitrogen and oxygen atoms in total. The molecule has 2 aromatic carbocycles. The summed E-state index contributed by atoms with van der Waals surface area (Å²) < 4.78 is 2.13. The fraction of sp³-hybridized carbons (Fsp3) is 0.333. The number of fused-ring (bicyclic) bond motifs is 1. The van der Waals surface area contributed by atoms with Crippen LogP contribution in [0.5, 0.6) is 0 Å². The van der Waals surface area contributed by atoms with Gasteiger partial charge in [-0.15, -0.1) is 0 Å². The number of rotatable bonds is 4. The number of hydrogen-bond donors (Lipinski definition) is 0. The Morgan fingerprint density at radius 2 is 2.04 bits per heavy atom. The standard InChI is InChI=1S/C21H23N3O/c25-21(23-12-3-6-20(15-23)24-13-11-22-16-24)10-8-17-7-9-18-4-1-2-5-19(18)14-17/h1-2,4-5,7,9,11,13-14,16,20H,3,6,8,10,12,15H2. The molecule has 1 saturated heterocycles. The highest BCUT2D eigenvalue weighted by atomic mass is 16.2. The van der Waals surface area contributed by atoms with E-state index in [2.05, 4.69) is 52.0 Å². The Morgan fingerprint density at radius 1 is 1.16 bits per heavy atom. The highest BCUT2D eigenvalue weighted by Crippen LogP contribution is 2.22. The quantitative estimate of drug-likeness (QED) is 0.728. The van der Waals surface area contributed by atoms with Crippen LogP contribution in [0.25, 0.3) is 10.8 Å². The van der Waals surface area contributed by atoms with Gasteiger partial charge in [-0.2, -0.15) is 0 Å². The summed E-state index contributed by atoms with van der Waals surface area (Å²) in [6.07, 6.45) is 9.21. The first-order valence-electron chi connectivity index (χ1n) is 9.02. The van der Waals surface area contributed by atoms with Crippen molar-refractivity contribution in [1.29, 1.82) is 0 Å². The largest absolute Gasteiger partial charge is 0.341 e. The summed E-state index contributed by atoms with van der Waals surface area (Å²) in [6, 6.07) is 15.2. The lowest BCUT2D eigenvalue weighted by atomic mass is 10.0. The average Bonchev–Trinajstić information content (AvgIpc) is 3.21. The smallest absolute Gasteiger partial charge is 0.222 e. The topological polar surface area (TPSA) is 38.1 Å². The van der Waals surface area contributed by atoms with Gasteiger partial charge >= 0.3 is 0 Å². The predicted octanol–water partition coefficient (Wildman–Crippen LogP) is 3.83. The van der Waals surface area contributed by atoms with Crippen LogP contribution in [0.2, 0.25) is 0 Å². The van der Waals surface area contributed by atoms with E-state index in [9.17, 15) is 4.79 Å². The molecule has 0 aliphatic carbocycles. The van der Waals surface area contributed by atoms with Gasteiger partial charge in [-0.25, -0.2) is 4.98 Å². The number of piperidine rings is 1. The normalized spacial score (nSPS) is 17.8. The second-order valence-electron chi connectivity index (χ2n) is 6.83. The van der Waals surface area contributed by atoms with Gasteiger partial charge in [0.1, 0.15) is 0 Å². The molecule has 0 spiro atoms. The van der Waals surface area contributed by atoms with E-state index in [4.69, 9.17) is 0 Å². The van der Waals surface area contributed by atoms with Gasteiger partial charge in [-0.3, -0.25) is 4.79 Å². The molecule has 1 fully saturated rings. The Labute approximate surface area is 148 Å². The fourth-order valence-electron chi connectivity index (χ4n) is 3.71. The van der Waals surface area contributed by atoms with Crippen molar-refractivity contribution in [1.82, 2.24) is 14.5 Å². The number of carbonyl (C=O) groups excluding carboxylic acids is 1. The molecule has 4 heteroatoms. The fourth-order valence-corrected chi connectivity index (χ4v) is 3.71. The third-order valence-corrected chi connectivity index (χ3v) is 5.14. The first-order chi connectivity index (χ1) is 12.3. The van der Waals surface area contributed by atoms with Crippen molar-refractivity contribution in [2.24, 2.45) is 0 Å². The number of benzene rings is 2. The van der Waals surface area contributed by atoms with Gasteiger partial charge < -0.3 is 9.47 Å². The van der Waals surface area contributed by atoms with Crippen LogP contribution in [0, 0.1) is 0 Å². The molecule has 0 bridgehead atoms. The maximum Gasteiger partial charge on any atom is 0.222 e. The van der Waals surface area contributed by atoms with Crippen LogP contribution >= 0.6 is 0 Å². The lowest BCUT2D eigenvalue weighted by Crippen LogP contribution is -2.40. The number of nitrogens with zero attached hydrogens (tertiary/aromatic N) is 3. The second-order valence-corrected chi connectivity index (χ2v) is 6.83. The number of imidazole rings is 1. The Kier molecular flexibility index (Phi) is 4.51. The molecule has 1 aliphatic rings. The van der Waals surface area contributed by atoms with Gasteiger partial charge in [0.2, 0.25) is 5.91 Å². The zero-order chi connectivity index (χ0) is 17.1. The maximum atomic E-state index is 12.7. The number of carbonyl (C=O) groups is 1. The predicted molar refractivity (Wildman–Crippen MR) is 99.3 cm³/mol. The van der Waals surface area contributed by atoms with E-state index in [1.165, 1.54) is 16.3 Å². The summed E-state index contributed by atoms with van der Waals surface area (Å²) in [5.74, 6) is 0.262. The molecule has 1 atom stereocenters. The second kappa shape index (κ2) is 7.09. The van der Waals surface area contributed by atoms with Gasteiger partial charge in [0.25, 0.3) is 0 Å². The maximum absolute atomic E-state index is 12.7. The summed E-state index contributed by atoms with van der Waals surface area (Å²) in [4.78, 5) is 18.8. The summed E-state index contributed by atoms with van der Waals surface area (Å²) >= 11 is 0. The van der Waals surface area contributed by atoms with Crippen LogP contribution < -0.4 is 0 Å². The van der Waals surface area contributed by atoms with Crippen LogP contribution in [0.1, 0.15) is 30.9 Å². The monoisotopic (exact) mass is 333 g/mol. The molecule has 1 amide bonds. The molecule has 25 heavy (non-hydrogen) atoms. The number of hydrogen-bond acceptors (Lipinski definition) is 2. The first kappa shape index (κ1) is 15.9. The number of likely N-dealkylation sites (tertiary alicyclic amines) is 1. The van der Waals surface area contributed by atoms with Gasteiger partial charge in [0.05, 0.1) is 12.4 Å². The van der Waals surface area contributed by atoms with Crippen molar-refractivity contribution in [2.45, 2.75) is 31.7 Å². The highest BCUT2D eigenvalue weighted by molar-refractivity contribution is 5.83. The third-order valence-electron chi connectivity index (χ3n) is 5.14. The van der Waals surface area contributed by atoms with Crippen molar-refractivity contribution in [2.75, 3.05) is 13.1 Å². The van der Waals surface area contributed by atoms with Crippen LogP contribution in [0.15, 0.2) is 61.2 Å². The lowest BCUT2D eigenvalue weighted by molar-refractivity contribution is -0.132. The Hall–Kier alpha value is -2.62. The van der Waals surface area contributed by atoms with E-state index < -0.39 is 0 Å². The number of aryl methyl sites for hydroxylation is 1. The van der Waals surface area contributed by atoms with Crippen LogP contribution in [-0.4, -0.2) is 33.4 Å². The highest BCUT2D eigenvalue weighted by Gasteiger charge is 2.24. The molecule has 0 saturated carbocycles. The molecule has 0 radical (unpaired) electrons. The minimum Gasteiger partial charge on any atom is -0.341 e. The van der Waals surface area contributed by atoms with E-state index >= 15 is 0 Å². The van der Waals surface area contributed by atoms with Gasteiger partial charge in [0.15, 0.2) is 0 Å². The van der Waals surface area contributed by atoms with Gasteiger partial charge in [-0.05, 0) is 35.6 Å². The zero-order valence-electron chi connectivity index (χ0n) is 14.3. The van der Waals surface area contributed by atoms with E-state index in [0.29, 0.717) is 12.5 Å². The SMILES string of the molecule is O=C(CCc1ccc2ccccc2c1)N1CCCC(n2ccnc2)C1. The molecule has 1 aromatic heterocycles. The third kappa shape index (κ3) is 3.58. The molecule has 1 unspecified atom stereocenters. The van der Waals surface area contributed by atoms with Crippen molar-refractivity contribution < 1.29 is 4.79 Å². The summed E-state index contributed by atoms with van der Waals surface area (Å²) in [7, 11) is 0. The van der Waals surface area contributed by atoms with Crippen LogP contribution in [0.3, 0.4) is 0 Å². The molecular formula is C21H23N3O. The molecular weight excluding hydrogens is 310 g/mol.